The van der Waals surface area contributed by atoms with Crippen molar-refractivity contribution in [1.82, 2.24) is 29.5 Å². The van der Waals surface area contributed by atoms with Crippen molar-refractivity contribution in [3.8, 4) is 34.3 Å². The Balaban J connectivity index is 0.000000196. The molecule has 1 N–H and O–H groups in total. The van der Waals surface area contributed by atoms with Gasteiger partial charge in [-0.25, -0.2) is 34.3 Å². The monoisotopic (exact) mass is 1440 g/mol. The molecule has 3 atom stereocenters. The number of carbonyl (C=O) groups excluding carboxylic acids is 2. The van der Waals surface area contributed by atoms with E-state index in [9.17, 15) is 14.7 Å². The molecule has 0 spiro atoms. The Morgan fingerprint density at radius 2 is 1.36 bits per heavy atom. The molecule has 9 aromatic rings. The van der Waals surface area contributed by atoms with Gasteiger partial charge >= 0.3 is 5.97 Å². The molecule has 530 valence electrons. The highest BCUT2D eigenvalue weighted by atomic mass is 35.5. The number of aliphatic imine (C=N–C) groups is 2. The first-order valence-electron chi connectivity index (χ1n) is 35.1. The standard InChI is InChI=1S/C46H54N6O3.C37H32Cl3N5O3/c1-26-11-12-28(3)34(21-26)23-35-22-33(14-13-29(35)4)42-49-43-39(45(54)55-41-30(5)19-27(2)20-31(41)6)40(47-10)44(52(43)50-42)48-36-15-16-38-37(24-36)32(7)25-46(8,9)51(38)17-18-53;1-5-44(18-19-48-29-14-12-28(47-4)13-15-29)27-11-17-32(22(2)20-27)41-37-34(30-21-26(39)10-16-31(30)40)33(23(3)46)36-42-35(43-45(36)37)24-6-8-25(38)9-7-24/h11-16,21-22,24,27,30-32,41,53H,17-20,23,25H2,1-9H3;6-17,20-21H,5,18-19H2,1-4H3. The van der Waals surface area contributed by atoms with Crippen LogP contribution in [0.2, 0.25) is 15.1 Å². The maximum atomic E-state index is 14.3. The van der Waals surface area contributed by atoms with Crippen molar-refractivity contribution in [3.63, 3.8) is 0 Å². The fourth-order valence-electron chi connectivity index (χ4n) is 15.0. The molecular formula is C83H86Cl3N11O6. The molecule has 1 fully saturated rings. The quantitative estimate of drug-likeness (QED) is 0.0599. The number of carbonyl (C=O) groups is 2. The zero-order valence-corrected chi connectivity index (χ0v) is 62.8. The van der Waals surface area contributed by atoms with Crippen LogP contribution < -0.4 is 19.3 Å². The summed E-state index contributed by atoms with van der Waals surface area (Å²) in [6.07, 6.45) is 3.38. The van der Waals surface area contributed by atoms with E-state index >= 15 is 0 Å². The molecule has 0 amide bonds. The molecule has 5 heterocycles. The van der Waals surface area contributed by atoms with Gasteiger partial charge in [-0.15, -0.1) is 10.2 Å². The second-order valence-corrected chi connectivity index (χ2v) is 29.5. The fourth-order valence-corrected chi connectivity index (χ4v) is 15.5. The number of aliphatic hydroxyl groups is 1. The van der Waals surface area contributed by atoms with Gasteiger partial charge in [-0.05, 0) is 247 Å². The number of anilines is 2. The van der Waals surface area contributed by atoms with Crippen molar-refractivity contribution in [1.29, 1.82) is 0 Å². The van der Waals surface area contributed by atoms with Gasteiger partial charge in [-0.3, -0.25) is 4.79 Å². The van der Waals surface area contributed by atoms with E-state index in [-0.39, 0.29) is 64.7 Å². The topological polar surface area (TPSA) is 179 Å². The molecule has 0 saturated heterocycles. The van der Waals surface area contributed by atoms with Crippen LogP contribution in [0.15, 0.2) is 155 Å². The Kier molecular flexibility index (Phi) is 21.8. The van der Waals surface area contributed by atoms with Crippen LogP contribution in [0.3, 0.4) is 0 Å². The number of allylic oxidation sites excluding steroid dienone is 3. The van der Waals surface area contributed by atoms with E-state index < -0.39 is 5.97 Å². The first-order chi connectivity index (χ1) is 49.3. The Labute approximate surface area is 618 Å². The van der Waals surface area contributed by atoms with E-state index in [1.54, 1.807) is 46.8 Å². The number of methoxy groups -OCH3 is 1. The number of β-amino-alcohol motifs (C(OH)–C–C–N with tert-alkyl or cyclic N) is 1. The number of hydrogen-bond acceptors (Lipinski definition) is 14. The maximum Gasteiger partial charge on any atom is 0.331 e. The van der Waals surface area contributed by atoms with Crippen LogP contribution in [-0.2, 0) is 20.7 Å². The van der Waals surface area contributed by atoms with Crippen molar-refractivity contribution in [3.05, 3.63) is 228 Å². The maximum absolute atomic E-state index is 14.3. The molecule has 103 heavy (non-hydrogen) atoms. The molecule has 3 unspecified atom stereocenters. The molecule has 3 aliphatic heterocycles. The summed E-state index contributed by atoms with van der Waals surface area (Å²) >= 11 is 19.3. The average Bonchev–Trinajstić information content (AvgIpc) is 1.59. The van der Waals surface area contributed by atoms with Crippen molar-refractivity contribution in [2.24, 2.45) is 27.7 Å². The van der Waals surface area contributed by atoms with Crippen LogP contribution in [-0.4, -0.2) is 110 Å². The molecule has 17 nitrogen and oxygen atoms in total. The van der Waals surface area contributed by atoms with Crippen LogP contribution in [0, 0.1) is 52.0 Å². The van der Waals surface area contributed by atoms with Gasteiger partial charge in [-0.2, -0.15) is 4.68 Å². The number of esters is 1. The van der Waals surface area contributed by atoms with Crippen molar-refractivity contribution in [2.45, 2.75) is 126 Å². The SMILES string of the molecule is CCN(CCOc1ccc(OC)cc1)c1ccc(N=C2C(c3cc(Cl)ccc3Cl)=C(C(C)=O)c3nc(-c4ccc(Cl)cc4)nn32)c(C)c1.[C-]#[N+]C1=C(C(=O)OC2C(C)CC(C)CC2C)c2nc(-c3ccc(C)c(Cc4cc(C)ccc4C)c3)nn2C1=Nc1ccc2c(c1)C(C)CC(C)(C)N2CCO. The number of ketones is 1. The Hall–Kier alpha value is -9.70. The van der Waals surface area contributed by atoms with Gasteiger partial charge in [0.25, 0.3) is 0 Å². The number of halogens is 3. The van der Waals surface area contributed by atoms with Crippen LogP contribution in [0.1, 0.15) is 137 Å². The number of likely N-dealkylation sites (N-methyl/N-ethyl adjacent to an activating group) is 1. The van der Waals surface area contributed by atoms with Crippen LogP contribution in [0.5, 0.6) is 11.5 Å². The van der Waals surface area contributed by atoms with E-state index in [1.165, 1.54) is 34.7 Å². The number of aryl methyl sites for hydroxylation is 4. The lowest BCUT2D eigenvalue weighted by Crippen LogP contribution is -2.49. The van der Waals surface area contributed by atoms with Crippen molar-refractivity contribution >= 4 is 97.7 Å². The second-order valence-electron chi connectivity index (χ2n) is 28.2. The Morgan fingerprint density at radius 1 is 0.718 bits per heavy atom. The third-order valence-electron chi connectivity index (χ3n) is 20.1. The van der Waals surface area contributed by atoms with E-state index in [1.807, 2.05) is 67.6 Å². The lowest BCUT2D eigenvalue weighted by molar-refractivity contribution is -0.150. The van der Waals surface area contributed by atoms with E-state index in [4.69, 9.17) is 85.7 Å². The predicted molar refractivity (Wildman–Crippen MR) is 414 cm³/mol. The number of Topliss-reactive ketones (excluding diaryl/α,β-unsaturated/α-hetero) is 1. The third kappa shape index (κ3) is 15.4. The van der Waals surface area contributed by atoms with Gasteiger partial charge in [0.1, 0.15) is 29.8 Å². The third-order valence-corrected chi connectivity index (χ3v) is 20.9. The Morgan fingerprint density at radius 3 is 2.02 bits per heavy atom. The van der Waals surface area contributed by atoms with Crippen molar-refractivity contribution < 1.29 is 28.9 Å². The summed E-state index contributed by atoms with van der Waals surface area (Å²) in [4.78, 5) is 56.0. The Bertz CT molecular complexity index is 4920. The zero-order valence-electron chi connectivity index (χ0n) is 60.6. The summed E-state index contributed by atoms with van der Waals surface area (Å²) in [5.74, 6) is 4.21. The molecule has 1 aliphatic carbocycles. The number of ether oxygens (including phenoxy) is 3. The smallest absolute Gasteiger partial charge is 0.331 e. The van der Waals surface area contributed by atoms with Crippen LogP contribution in [0.4, 0.5) is 22.7 Å². The lowest BCUT2D eigenvalue weighted by Gasteiger charge is -2.47. The minimum absolute atomic E-state index is 0.0578. The molecule has 2 aromatic heterocycles. The highest BCUT2D eigenvalue weighted by Crippen LogP contribution is 2.46. The molecule has 0 radical (unpaired) electrons. The second kappa shape index (κ2) is 30.7. The number of fused-ring (bicyclic) bond motifs is 3. The summed E-state index contributed by atoms with van der Waals surface area (Å²) in [5, 5.41) is 21.2. The average molecular weight is 1440 g/mol. The summed E-state index contributed by atoms with van der Waals surface area (Å²) in [6, 6.07) is 44.8. The molecule has 4 aliphatic rings. The van der Waals surface area contributed by atoms with E-state index in [0.717, 1.165) is 77.4 Å². The molecular weight excluding hydrogens is 1350 g/mol. The molecule has 20 heteroatoms. The fraction of sp³-hybridized carbons (Fsp3) is 0.337. The van der Waals surface area contributed by atoms with Crippen molar-refractivity contribution in [2.75, 3.05) is 49.8 Å². The first-order valence-corrected chi connectivity index (χ1v) is 36.2. The number of aliphatic hydroxyl groups excluding tert-OH is 1. The zero-order chi connectivity index (χ0) is 73.3. The van der Waals surface area contributed by atoms with Gasteiger partial charge in [0.2, 0.25) is 5.70 Å². The first kappa shape index (κ1) is 73.1. The number of hydrogen-bond donors (Lipinski definition) is 1. The lowest BCUT2D eigenvalue weighted by atomic mass is 9.75. The normalized spacial score (nSPS) is 18.8. The summed E-state index contributed by atoms with van der Waals surface area (Å²) in [7, 11) is 1.64. The largest absolute Gasteiger partial charge is 0.497 e. The number of rotatable bonds is 19. The summed E-state index contributed by atoms with van der Waals surface area (Å²) in [6.45, 7) is 36.1. The van der Waals surface area contributed by atoms with Gasteiger partial charge in [0.05, 0.1) is 43.8 Å². The van der Waals surface area contributed by atoms with E-state index in [0.29, 0.717) is 92.1 Å². The highest BCUT2D eigenvalue weighted by Gasteiger charge is 2.43. The van der Waals surface area contributed by atoms with Crippen LogP contribution in [0.25, 0.3) is 44.3 Å². The number of nitrogens with zero attached hydrogens (tertiary/aromatic N) is 11. The molecule has 0 bridgehead atoms. The highest BCUT2D eigenvalue weighted by molar-refractivity contribution is 6.47. The molecule has 1 saturated carbocycles. The predicted octanol–water partition coefficient (Wildman–Crippen LogP) is 18.6. The minimum Gasteiger partial charge on any atom is -0.497 e. The van der Waals surface area contributed by atoms with Gasteiger partial charge in [0.15, 0.2) is 40.8 Å². The molecule has 13 rings (SSSR count). The number of aromatic nitrogens is 6. The van der Waals surface area contributed by atoms with Gasteiger partial charge in [0, 0.05) is 67.3 Å². The summed E-state index contributed by atoms with van der Waals surface area (Å²) < 4.78 is 20.7. The van der Waals surface area contributed by atoms with Gasteiger partial charge < -0.3 is 29.1 Å². The van der Waals surface area contributed by atoms with Crippen LogP contribution >= 0.6 is 34.8 Å². The molecule has 7 aromatic carbocycles. The van der Waals surface area contributed by atoms with E-state index in [2.05, 4.69) is 132 Å². The minimum atomic E-state index is -0.560. The summed E-state index contributed by atoms with van der Waals surface area (Å²) in [5.41, 5.74) is 14.7. The van der Waals surface area contributed by atoms with Gasteiger partial charge in [-0.1, -0.05) is 98.4 Å². The number of benzene rings is 7.